The van der Waals surface area contributed by atoms with Crippen molar-refractivity contribution in [1.82, 2.24) is 0 Å². The van der Waals surface area contributed by atoms with Crippen LogP contribution in [-0.2, 0) is 4.74 Å². The lowest BCUT2D eigenvalue weighted by Gasteiger charge is -2.25. The Morgan fingerprint density at radius 2 is 1.90 bits per heavy atom. The van der Waals surface area contributed by atoms with Crippen molar-refractivity contribution >= 4 is 0 Å². The largest absolute Gasteiger partial charge is 0.490 e. The Hall–Kier alpha value is -1.26. The monoisotopic (exact) mass is 277 g/mol. The molecule has 1 aromatic carbocycles. The summed E-state index contributed by atoms with van der Waals surface area (Å²) in [6.45, 7) is 2.30. The van der Waals surface area contributed by atoms with Crippen LogP contribution in [0, 0.1) is 0 Å². The number of benzene rings is 1. The molecular formula is C16H23NO3. The zero-order chi connectivity index (χ0) is 13.8. The highest BCUT2D eigenvalue weighted by Gasteiger charge is 2.20. The Labute approximate surface area is 120 Å². The third-order valence-electron chi connectivity index (χ3n) is 3.99. The van der Waals surface area contributed by atoms with Crippen LogP contribution in [0.25, 0.3) is 0 Å². The minimum atomic E-state index is -0.00440. The Morgan fingerprint density at radius 1 is 1.05 bits per heavy atom. The van der Waals surface area contributed by atoms with E-state index in [9.17, 15) is 0 Å². The van der Waals surface area contributed by atoms with Crippen LogP contribution < -0.4 is 15.2 Å². The van der Waals surface area contributed by atoms with E-state index >= 15 is 0 Å². The molecule has 4 nitrogen and oxygen atoms in total. The van der Waals surface area contributed by atoms with E-state index in [2.05, 4.69) is 0 Å². The molecule has 0 spiro atoms. The molecule has 110 valence electrons. The van der Waals surface area contributed by atoms with E-state index in [0.29, 0.717) is 19.3 Å². The molecule has 4 heteroatoms. The number of hydrogen-bond donors (Lipinski definition) is 1. The fourth-order valence-corrected chi connectivity index (χ4v) is 2.82. The lowest BCUT2D eigenvalue weighted by molar-refractivity contribution is 0.00728. The minimum Gasteiger partial charge on any atom is -0.490 e. The molecule has 0 amide bonds. The Kier molecular flexibility index (Phi) is 4.43. The average Bonchev–Trinajstić information content (AvgIpc) is 2.72. The van der Waals surface area contributed by atoms with Gasteiger partial charge < -0.3 is 19.9 Å². The maximum Gasteiger partial charge on any atom is 0.161 e. The maximum atomic E-state index is 6.32. The zero-order valence-electron chi connectivity index (χ0n) is 11.8. The van der Waals surface area contributed by atoms with Crippen LogP contribution in [0.4, 0.5) is 0 Å². The van der Waals surface area contributed by atoms with Gasteiger partial charge in [-0.3, -0.25) is 0 Å². The van der Waals surface area contributed by atoms with Crippen molar-refractivity contribution in [3.63, 3.8) is 0 Å². The lowest BCUT2D eigenvalue weighted by Crippen LogP contribution is -2.24. The highest BCUT2D eigenvalue weighted by molar-refractivity contribution is 5.44. The Morgan fingerprint density at radius 3 is 2.70 bits per heavy atom. The first-order valence-electron chi connectivity index (χ1n) is 7.59. The van der Waals surface area contributed by atoms with Gasteiger partial charge in [-0.1, -0.05) is 6.07 Å². The van der Waals surface area contributed by atoms with E-state index in [1.807, 2.05) is 18.2 Å². The molecule has 0 bridgehead atoms. The summed E-state index contributed by atoms with van der Waals surface area (Å²) in [5.41, 5.74) is 7.42. The van der Waals surface area contributed by atoms with Gasteiger partial charge in [0, 0.05) is 19.1 Å². The second-order valence-corrected chi connectivity index (χ2v) is 5.59. The van der Waals surface area contributed by atoms with Gasteiger partial charge in [0.1, 0.15) is 0 Å². The summed E-state index contributed by atoms with van der Waals surface area (Å²) in [6.07, 6.45) is 5.65. The SMILES string of the molecule is NC(CC1CCCCO1)c1ccc2c(c1)OCCCO2. The number of rotatable bonds is 3. The van der Waals surface area contributed by atoms with Crippen LogP contribution in [0.2, 0.25) is 0 Å². The average molecular weight is 277 g/mol. The number of hydrogen-bond acceptors (Lipinski definition) is 4. The second kappa shape index (κ2) is 6.46. The maximum absolute atomic E-state index is 6.32. The van der Waals surface area contributed by atoms with Crippen molar-refractivity contribution in [2.45, 2.75) is 44.2 Å². The van der Waals surface area contributed by atoms with E-state index in [4.69, 9.17) is 19.9 Å². The molecule has 1 saturated heterocycles. The van der Waals surface area contributed by atoms with Gasteiger partial charge in [0.2, 0.25) is 0 Å². The van der Waals surface area contributed by atoms with Crippen LogP contribution >= 0.6 is 0 Å². The molecule has 20 heavy (non-hydrogen) atoms. The van der Waals surface area contributed by atoms with Gasteiger partial charge in [0.15, 0.2) is 11.5 Å². The zero-order valence-corrected chi connectivity index (χ0v) is 11.8. The summed E-state index contributed by atoms with van der Waals surface area (Å²) in [5.74, 6) is 1.65. The summed E-state index contributed by atoms with van der Waals surface area (Å²) >= 11 is 0. The molecule has 2 aliphatic rings. The highest BCUT2D eigenvalue weighted by Crippen LogP contribution is 2.33. The molecule has 3 rings (SSSR count). The number of nitrogens with two attached hydrogens (primary N) is 1. The fourth-order valence-electron chi connectivity index (χ4n) is 2.82. The van der Waals surface area contributed by atoms with Crippen molar-refractivity contribution in [3.05, 3.63) is 23.8 Å². The standard InChI is InChI=1S/C16H23NO3/c17-14(11-13-4-1-2-7-18-13)12-5-6-15-16(10-12)20-9-3-8-19-15/h5-6,10,13-14H,1-4,7-9,11,17H2. The van der Waals surface area contributed by atoms with Crippen molar-refractivity contribution in [3.8, 4) is 11.5 Å². The number of fused-ring (bicyclic) bond motifs is 1. The van der Waals surface area contributed by atoms with Crippen LogP contribution in [0.3, 0.4) is 0 Å². The lowest BCUT2D eigenvalue weighted by atomic mass is 9.97. The van der Waals surface area contributed by atoms with Gasteiger partial charge in [-0.15, -0.1) is 0 Å². The summed E-state index contributed by atoms with van der Waals surface area (Å²) < 4.78 is 17.1. The third-order valence-corrected chi connectivity index (χ3v) is 3.99. The van der Waals surface area contributed by atoms with Crippen LogP contribution in [0.1, 0.15) is 43.7 Å². The first-order chi connectivity index (χ1) is 9.83. The van der Waals surface area contributed by atoms with Crippen molar-refractivity contribution < 1.29 is 14.2 Å². The van der Waals surface area contributed by atoms with Crippen LogP contribution in [0.5, 0.6) is 11.5 Å². The normalized spacial score (nSPS) is 23.9. The Balaban J connectivity index is 1.67. The first-order valence-corrected chi connectivity index (χ1v) is 7.59. The smallest absolute Gasteiger partial charge is 0.161 e. The Bertz CT molecular complexity index is 443. The molecule has 1 fully saturated rings. The molecule has 0 aromatic heterocycles. The van der Waals surface area contributed by atoms with E-state index < -0.39 is 0 Å². The van der Waals surface area contributed by atoms with Gasteiger partial charge in [-0.05, 0) is 43.4 Å². The van der Waals surface area contributed by atoms with E-state index in [1.165, 1.54) is 12.8 Å². The van der Waals surface area contributed by atoms with Crippen molar-refractivity contribution in [2.75, 3.05) is 19.8 Å². The summed E-state index contributed by atoms with van der Waals surface area (Å²) in [7, 11) is 0. The van der Waals surface area contributed by atoms with E-state index in [0.717, 1.165) is 42.9 Å². The number of ether oxygens (including phenoxy) is 3. The molecule has 2 N–H and O–H groups in total. The first kappa shape index (κ1) is 13.7. The molecule has 0 saturated carbocycles. The van der Waals surface area contributed by atoms with Crippen LogP contribution in [-0.4, -0.2) is 25.9 Å². The molecular weight excluding hydrogens is 254 g/mol. The van der Waals surface area contributed by atoms with Gasteiger partial charge in [-0.2, -0.15) is 0 Å². The van der Waals surface area contributed by atoms with Crippen molar-refractivity contribution in [1.29, 1.82) is 0 Å². The second-order valence-electron chi connectivity index (χ2n) is 5.59. The topological polar surface area (TPSA) is 53.7 Å². The molecule has 2 heterocycles. The molecule has 2 unspecified atom stereocenters. The fraction of sp³-hybridized carbons (Fsp3) is 0.625. The van der Waals surface area contributed by atoms with E-state index in [-0.39, 0.29) is 6.04 Å². The van der Waals surface area contributed by atoms with Gasteiger partial charge in [0.05, 0.1) is 19.3 Å². The van der Waals surface area contributed by atoms with E-state index in [1.54, 1.807) is 0 Å². The summed E-state index contributed by atoms with van der Waals surface area (Å²) in [5, 5.41) is 0. The molecule has 2 aliphatic heterocycles. The predicted molar refractivity (Wildman–Crippen MR) is 77.2 cm³/mol. The molecule has 0 aliphatic carbocycles. The molecule has 2 atom stereocenters. The predicted octanol–water partition coefficient (Wildman–Crippen LogP) is 2.81. The van der Waals surface area contributed by atoms with Gasteiger partial charge >= 0.3 is 0 Å². The molecule has 0 radical (unpaired) electrons. The summed E-state index contributed by atoms with van der Waals surface area (Å²) in [6, 6.07) is 6.03. The third kappa shape index (κ3) is 3.25. The molecule has 1 aromatic rings. The van der Waals surface area contributed by atoms with Gasteiger partial charge in [-0.25, -0.2) is 0 Å². The quantitative estimate of drug-likeness (QED) is 0.923. The minimum absolute atomic E-state index is 0.00440. The summed E-state index contributed by atoms with van der Waals surface area (Å²) in [4.78, 5) is 0. The van der Waals surface area contributed by atoms with Crippen molar-refractivity contribution in [2.24, 2.45) is 5.73 Å². The van der Waals surface area contributed by atoms with Gasteiger partial charge in [0.25, 0.3) is 0 Å². The highest BCUT2D eigenvalue weighted by atomic mass is 16.5. The van der Waals surface area contributed by atoms with Crippen LogP contribution in [0.15, 0.2) is 18.2 Å².